The molecule has 0 N–H and O–H groups in total. The Morgan fingerprint density at radius 3 is 2.58 bits per heavy atom. The molecular weight excluding hydrogens is 252 g/mol. The van der Waals surface area contributed by atoms with Crippen LogP contribution >= 0.6 is 0 Å². The lowest BCUT2D eigenvalue weighted by Gasteiger charge is -2.19. The van der Waals surface area contributed by atoms with E-state index in [1.54, 1.807) is 0 Å². The van der Waals surface area contributed by atoms with Crippen LogP contribution < -0.4 is 0 Å². The Balaban J connectivity index is 2.16. The zero-order valence-corrected chi connectivity index (χ0v) is 11.1. The van der Waals surface area contributed by atoms with Gasteiger partial charge in [0.15, 0.2) is 0 Å². The van der Waals surface area contributed by atoms with Crippen molar-refractivity contribution in [2.75, 3.05) is 20.8 Å². The lowest BCUT2D eigenvalue weighted by Crippen LogP contribution is -2.24. The minimum atomic E-state index is -0.683. The number of carbonyl (C=O) groups excluding carboxylic acids is 3. The van der Waals surface area contributed by atoms with E-state index in [0.29, 0.717) is 12.8 Å². The van der Waals surface area contributed by atoms with Gasteiger partial charge in [0.05, 0.1) is 33.2 Å². The summed E-state index contributed by atoms with van der Waals surface area (Å²) in [4.78, 5) is 44.8. The summed E-state index contributed by atoms with van der Waals surface area (Å²) in [5.41, 5.74) is -0.683. The van der Waals surface area contributed by atoms with Crippen LogP contribution in [0.1, 0.15) is 25.7 Å². The van der Waals surface area contributed by atoms with Gasteiger partial charge in [0, 0.05) is 11.8 Å². The predicted octanol–water partition coefficient (Wildman–Crippen LogP) is 0.682. The van der Waals surface area contributed by atoms with Crippen LogP contribution in [0, 0.1) is 17.3 Å². The number of hydrogen-bond acceptors (Lipinski definition) is 6. The third-order valence-electron chi connectivity index (χ3n) is 4.22. The molecule has 2 aliphatic carbocycles. The van der Waals surface area contributed by atoms with Crippen LogP contribution in [-0.2, 0) is 28.9 Å². The Hall–Kier alpha value is -1.27. The summed E-state index contributed by atoms with van der Waals surface area (Å²) >= 11 is 0. The van der Waals surface area contributed by atoms with Gasteiger partial charge in [-0.3, -0.25) is 14.4 Å². The van der Waals surface area contributed by atoms with Gasteiger partial charge >= 0.3 is 5.97 Å². The maximum atomic E-state index is 12.0. The fraction of sp³-hybridized carbons (Fsp3) is 0.769. The zero-order chi connectivity index (χ0) is 14.0. The summed E-state index contributed by atoms with van der Waals surface area (Å²) in [6.07, 6.45) is 1.09. The fourth-order valence-electron chi connectivity index (χ4n) is 3.35. The quantitative estimate of drug-likeness (QED) is 0.323. The number of rotatable bonds is 4. The maximum Gasteiger partial charge on any atom is 0.309 e. The van der Waals surface area contributed by atoms with E-state index in [2.05, 4.69) is 4.89 Å². The SMILES string of the molecule is COOCC1CC2(CC(=O)CC2=O)CC1C(=O)OC. The van der Waals surface area contributed by atoms with Crippen LogP contribution in [0.4, 0.5) is 0 Å². The standard InChI is InChI=1S/C13H18O6/c1-17-12(16)10-6-13(4-8(10)7-19-18-2)5-9(14)3-11(13)15/h8,10H,3-7H2,1-2H3. The normalized spacial score (nSPS) is 34.2. The maximum absolute atomic E-state index is 12.0. The molecule has 0 bridgehead atoms. The predicted molar refractivity (Wildman–Crippen MR) is 62.9 cm³/mol. The van der Waals surface area contributed by atoms with Gasteiger partial charge in [-0.15, -0.1) is 0 Å². The number of hydrogen-bond donors (Lipinski definition) is 0. The monoisotopic (exact) mass is 270 g/mol. The van der Waals surface area contributed by atoms with Crippen LogP contribution in [-0.4, -0.2) is 38.4 Å². The van der Waals surface area contributed by atoms with E-state index in [9.17, 15) is 14.4 Å². The lowest BCUT2D eigenvalue weighted by molar-refractivity contribution is -0.281. The Kier molecular flexibility index (Phi) is 4.01. The largest absolute Gasteiger partial charge is 0.469 e. The lowest BCUT2D eigenvalue weighted by atomic mass is 9.82. The van der Waals surface area contributed by atoms with Crippen LogP contribution in [0.2, 0.25) is 0 Å². The van der Waals surface area contributed by atoms with Crippen molar-refractivity contribution in [1.29, 1.82) is 0 Å². The highest BCUT2D eigenvalue weighted by Crippen LogP contribution is 2.52. The highest BCUT2D eigenvalue weighted by molar-refractivity contribution is 6.09. The van der Waals surface area contributed by atoms with Crippen molar-refractivity contribution in [3.05, 3.63) is 0 Å². The Morgan fingerprint density at radius 2 is 2.05 bits per heavy atom. The summed E-state index contributed by atoms with van der Waals surface area (Å²) in [6.45, 7) is 0.222. The molecule has 106 valence electrons. The fourth-order valence-corrected chi connectivity index (χ4v) is 3.35. The first-order valence-corrected chi connectivity index (χ1v) is 6.31. The molecular formula is C13H18O6. The first kappa shape index (κ1) is 14.1. The molecule has 0 aromatic rings. The van der Waals surface area contributed by atoms with E-state index in [0.717, 1.165) is 0 Å². The van der Waals surface area contributed by atoms with Crippen molar-refractivity contribution in [1.82, 2.24) is 0 Å². The smallest absolute Gasteiger partial charge is 0.309 e. The van der Waals surface area contributed by atoms with Crippen molar-refractivity contribution in [3.8, 4) is 0 Å². The van der Waals surface area contributed by atoms with Gasteiger partial charge in [0.2, 0.25) is 0 Å². The minimum Gasteiger partial charge on any atom is -0.469 e. The van der Waals surface area contributed by atoms with Crippen molar-refractivity contribution < 1.29 is 28.9 Å². The molecule has 2 rings (SSSR count). The number of methoxy groups -OCH3 is 1. The number of ether oxygens (including phenoxy) is 1. The molecule has 0 heterocycles. The van der Waals surface area contributed by atoms with Gasteiger partial charge < -0.3 is 4.74 Å². The highest BCUT2D eigenvalue weighted by atomic mass is 17.2. The Morgan fingerprint density at radius 1 is 1.32 bits per heavy atom. The number of esters is 1. The molecule has 6 nitrogen and oxygen atoms in total. The summed E-state index contributed by atoms with van der Waals surface area (Å²) in [7, 11) is 2.71. The van der Waals surface area contributed by atoms with Gasteiger partial charge in [0.1, 0.15) is 11.6 Å². The number of carbonyl (C=O) groups is 3. The van der Waals surface area contributed by atoms with Crippen LogP contribution in [0.5, 0.6) is 0 Å². The van der Waals surface area contributed by atoms with E-state index in [1.165, 1.54) is 14.2 Å². The van der Waals surface area contributed by atoms with Gasteiger partial charge in [-0.05, 0) is 18.8 Å². The third-order valence-corrected chi connectivity index (χ3v) is 4.22. The van der Waals surface area contributed by atoms with Crippen molar-refractivity contribution in [2.24, 2.45) is 17.3 Å². The summed E-state index contributed by atoms with van der Waals surface area (Å²) in [5.74, 6) is -1.00. The number of Topliss-reactive ketones (excluding diaryl/α,β-unsaturated/α-hetero) is 2. The molecule has 0 saturated heterocycles. The second kappa shape index (κ2) is 5.38. The van der Waals surface area contributed by atoms with Crippen LogP contribution in [0.3, 0.4) is 0 Å². The average molecular weight is 270 g/mol. The van der Waals surface area contributed by atoms with E-state index >= 15 is 0 Å². The summed E-state index contributed by atoms with van der Waals surface area (Å²) in [5, 5.41) is 0. The van der Waals surface area contributed by atoms with E-state index < -0.39 is 11.3 Å². The van der Waals surface area contributed by atoms with Gasteiger partial charge in [-0.25, -0.2) is 9.78 Å². The van der Waals surface area contributed by atoms with E-state index in [4.69, 9.17) is 9.62 Å². The molecule has 2 fully saturated rings. The summed E-state index contributed by atoms with van der Waals surface area (Å²) < 4.78 is 4.78. The van der Waals surface area contributed by atoms with Crippen molar-refractivity contribution in [3.63, 3.8) is 0 Å². The second-order valence-electron chi connectivity index (χ2n) is 5.34. The van der Waals surface area contributed by atoms with Gasteiger partial charge in [-0.2, -0.15) is 0 Å². The molecule has 2 saturated carbocycles. The molecule has 6 heteroatoms. The van der Waals surface area contributed by atoms with Crippen molar-refractivity contribution >= 4 is 17.5 Å². The topological polar surface area (TPSA) is 78.9 Å². The molecule has 0 aromatic heterocycles. The molecule has 0 amide bonds. The third kappa shape index (κ3) is 2.55. The highest BCUT2D eigenvalue weighted by Gasteiger charge is 2.56. The zero-order valence-electron chi connectivity index (χ0n) is 11.1. The molecule has 19 heavy (non-hydrogen) atoms. The van der Waals surface area contributed by atoms with Crippen LogP contribution in [0.15, 0.2) is 0 Å². The molecule has 3 unspecified atom stereocenters. The molecule has 0 aromatic carbocycles. The number of ketones is 2. The van der Waals surface area contributed by atoms with Crippen molar-refractivity contribution in [2.45, 2.75) is 25.7 Å². The van der Waals surface area contributed by atoms with Crippen LogP contribution in [0.25, 0.3) is 0 Å². The molecule has 0 radical (unpaired) electrons. The van der Waals surface area contributed by atoms with Gasteiger partial charge in [0.25, 0.3) is 0 Å². The molecule has 3 atom stereocenters. The molecule has 1 spiro atoms. The average Bonchev–Trinajstić information content (AvgIpc) is 2.87. The minimum absolute atomic E-state index is 0.00819. The first-order valence-electron chi connectivity index (χ1n) is 6.31. The second-order valence-corrected chi connectivity index (χ2v) is 5.34. The Labute approximate surface area is 111 Å². The van der Waals surface area contributed by atoms with E-state index in [1.807, 2.05) is 0 Å². The molecule has 0 aliphatic heterocycles. The summed E-state index contributed by atoms with van der Waals surface area (Å²) in [6, 6.07) is 0. The first-order chi connectivity index (χ1) is 9.02. The van der Waals surface area contributed by atoms with E-state index in [-0.39, 0.29) is 42.9 Å². The molecule has 2 aliphatic rings. The Bertz CT molecular complexity index is 404. The van der Waals surface area contributed by atoms with Gasteiger partial charge in [-0.1, -0.05) is 0 Å².